The summed E-state index contributed by atoms with van der Waals surface area (Å²) in [5, 5.41) is 8.90. The van der Waals surface area contributed by atoms with Crippen molar-refractivity contribution in [3.8, 4) is 0 Å². The number of hydrogen-bond donors (Lipinski definition) is 1. The first kappa shape index (κ1) is 13.3. The van der Waals surface area contributed by atoms with Gasteiger partial charge in [0.2, 0.25) is 0 Å². The average molecular weight is 278 g/mol. The van der Waals surface area contributed by atoms with E-state index in [2.05, 4.69) is 9.97 Å². The molecule has 100 valence electrons. The molecular weight excluding hydrogens is 266 g/mol. The average Bonchev–Trinajstić information content (AvgIpc) is 2.68. The van der Waals surface area contributed by atoms with Gasteiger partial charge < -0.3 is 5.11 Å². The van der Waals surface area contributed by atoms with Crippen LogP contribution in [0.2, 0.25) is 0 Å². The number of sulfone groups is 1. The molecule has 1 atom stereocenters. The predicted octanol–water partition coefficient (Wildman–Crippen LogP) is 0.809. The van der Waals surface area contributed by atoms with Crippen LogP contribution in [0, 0.1) is 0 Å². The third-order valence-electron chi connectivity index (χ3n) is 2.89. The lowest BCUT2D eigenvalue weighted by Crippen LogP contribution is -2.11. The first-order valence-electron chi connectivity index (χ1n) is 5.38. The molecule has 1 saturated heterocycles. The molecule has 1 aliphatic rings. The number of rotatable bonds is 3. The first-order valence-corrected chi connectivity index (χ1v) is 7.20. The number of aliphatic hydroxyl groups excluding tert-OH is 1. The van der Waals surface area contributed by atoms with E-state index in [9.17, 15) is 17.2 Å². The molecular formula is C10H12F2N2O3S. The predicted molar refractivity (Wildman–Crippen MR) is 58.9 cm³/mol. The molecule has 0 amide bonds. The van der Waals surface area contributed by atoms with Crippen molar-refractivity contribution in [3.05, 3.63) is 23.3 Å². The Bertz CT molecular complexity index is 548. The quantitative estimate of drug-likeness (QED) is 0.885. The van der Waals surface area contributed by atoms with Crippen LogP contribution >= 0.6 is 0 Å². The van der Waals surface area contributed by atoms with Crippen LogP contribution in [0.3, 0.4) is 0 Å². The minimum atomic E-state index is -3.11. The van der Waals surface area contributed by atoms with E-state index < -0.39 is 34.5 Å². The lowest BCUT2D eigenvalue weighted by atomic mass is 10.1. The minimum Gasteiger partial charge on any atom is -0.392 e. The molecule has 8 heteroatoms. The van der Waals surface area contributed by atoms with Crippen LogP contribution < -0.4 is 0 Å². The molecule has 0 aliphatic carbocycles. The van der Waals surface area contributed by atoms with Crippen LogP contribution in [0.25, 0.3) is 0 Å². The maximum absolute atomic E-state index is 12.7. The lowest BCUT2D eigenvalue weighted by Gasteiger charge is -2.10. The molecule has 0 spiro atoms. The molecule has 1 N–H and O–H groups in total. The molecule has 0 bridgehead atoms. The van der Waals surface area contributed by atoms with Gasteiger partial charge in [0.05, 0.1) is 18.1 Å². The SMILES string of the molecule is O=S1(=O)CCC(c2ncc(CO)c(C(F)F)n2)C1. The number of aromatic nitrogens is 2. The van der Waals surface area contributed by atoms with E-state index in [1.807, 2.05) is 0 Å². The monoisotopic (exact) mass is 278 g/mol. The van der Waals surface area contributed by atoms with Crippen LogP contribution in [0.5, 0.6) is 0 Å². The largest absolute Gasteiger partial charge is 0.392 e. The second-order valence-corrected chi connectivity index (χ2v) is 6.43. The van der Waals surface area contributed by atoms with E-state index in [1.165, 1.54) is 0 Å². The first-order chi connectivity index (χ1) is 8.43. The molecule has 1 unspecified atom stereocenters. The van der Waals surface area contributed by atoms with Gasteiger partial charge in [-0.2, -0.15) is 0 Å². The zero-order valence-electron chi connectivity index (χ0n) is 9.38. The fourth-order valence-corrected chi connectivity index (χ4v) is 3.68. The van der Waals surface area contributed by atoms with Crippen molar-refractivity contribution in [1.29, 1.82) is 0 Å². The van der Waals surface area contributed by atoms with E-state index in [1.54, 1.807) is 0 Å². The van der Waals surface area contributed by atoms with Crippen molar-refractivity contribution in [2.24, 2.45) is 0 Å². The normalized spacial score (nSPS) is 22.6. The molecule has 2 heterocycles. The number of nitrogens with zero attached hydrogens (tertiary/aromatic N) is 2. The van der Waals surface area contributed by atoms with Crippen molar-refractivity contribution in [1.82, 2.24) is 9.97 Å². The van der Waals surface area contributed by atoms with Gasteiger partial charge >= 0.3 is 0 Å². The Morgan fingerprint density at radius 1 is 1.50 bits per heavy atom. The van der Waals surface area contributed by atoms with Gasteiger partial charge in [0.1, 0.15) is 11.5 Å². The lowest BCUT2D eigenvalue weighted by molar-refractivity contribution is 0.140. The van der Waals surface area contributed by atoms with Gasteiger partial charge in [0.15, 0.2) is 9.84 Å². The zero-order chi connectivity index (χ0) is 13.3. The number of aliphatic hydroxyl groups is 1. The summed E-state index contributed by atoms with van der Waals surface area (Å²) in [6.45, 7) is -0.567. The highest BCUT2D eigenvalue weighted by Crippen LogP contribution is 2.28. The van der Waals surface area contributed by atoms with Crippen LogP contribution in [-0.2, 0) is 16.4 Å². The molecule has 1 aromatic rings. The number of halogens is 2. The van der Waals surface area contributed by atoms with E-state index in [4.69, 9.17) is 5.11 Å². The summed E-state index contributed by atoms with van der Waals surface area (Å²) in [4.78, 5) is 7.58. The second-order valence-electron chi connectivity index (χ2n) is 4.20. The fraction of sp³-hybridized carbons (Fsp3) is 0.600. The van der Waals surface area contributed by atoms with Crippen molar-refractivity contribution in [2.75, 3.05) is 11.5 Å². The fourth-order valence-electron chi connectivity index (χ4n) is 1.94. The van der Waals surface area contributed by atoms with Gasteiger partial charge in [-0.1, -0.05) is 0 Å². The van der Waals surface area contributed by atoms with Crippen molar-refractivity contribution in [3.63, 3.8) is 0 Å². The Hall–Kier alpha value is -1.15. The number of alkyl halides is 2. The Kier molecular flexibility index (Phi) is 3.58. The topological polar surface area (TPSA) is 80.2 Å². The molecule has 0 saturated carbocycles. The summed E-state index contributed by atoms with van der Waals surface area (Å²) in [5.41, 5.74) is -0.554. The standard InChI is InChI=1S/C10H12F2N2O3S/c11-9(12)8-7(4-15)3-13-10(14-8)6-1-2-18(16,17)5-6/h3,6,9,15H,1-2,4-5H2. The van der Waals surface area contributed by atoms with Crippen molar-refractivity contribution < 1.29 is 22.3 Å². The van der Waals surface area contributed by atoms with Gasteiger partial charge in [-0.3, -0.25) is 0 Å². The summed E-state index contributed by atoms with van der Waals surface area (Å²) in [6.07, 6.45) is -1.33. The van der Waals surface area contributed by atoms with Gasteiger partial charge in [-0.05, 0) is 6.42 Å². The highest BCUT2D eigenvalue weighted by atomic mass is 32.2. The van der Waals surface area contributed by atoms with Crippen molar-refractivity contribution >= 4 is 9.84 Å². The summed E-state index contributed by atoms with van der Waals surface area (Å²) in [6, 6.07) is 0. The molecule has 0 aromatic carbocycles. The molecule has 2 rings (SSSR count). The van der Waals surface area contributed by atoms with Gasteiger partial charge in [-0.25, -0.2) is 27.2 Å². The third-order valence-corrected chi connectivity index (χ3v) is 4.66. The molecule has 1 fully saturated rings. The summed E-state index contributed by atoms with van der Waals surface area (Å²) in [7, 11) is -3.11. The summed E-state index contributed by atoms with van der Waals surface area (Å²) in [5.74, 6) is -0.384. The third kappa shape index (κ3) is 2.64. The smallest absolute Gasteiger partial charge is 0.280 e. The molecule has 1 aliphatic heterocycles. The van der Waals surface area contributed by atoms with Crippen LogP contribution in [0.4, 0.5) is 8.78 Å². The molecule has 1 aromatic heterocycles. The summed E-state index contributed by atoms with van der Waals surface area (Å²) >= 11 is 0. The molecule has 0 radical (unpaired) electrons. The molecule has 18 heavy (non-hydrogen) atoms. The highest BCUT2D eigenvalue weighted by molar-refractivity contribution is 7.91. The zero-order valence-corrected chi connectivity index (χ0v) is 10.2. The van der Waals surface area contributed by atoms with E-state index in [0.29, 0.717) is 6.42 Å². The van der Waals surface area contributed by atoms with Crippen LogP contribution in [0.15, 0.2) is 6.20 Å². The molecule has 5 nitrogen and oxygen atoms in total. The van der Waals surface area contributed by atoms with Crippen LogP contribution in [0.1, 0.15) is 35.8 Å². The van der Waals surface area contributed by atoms with E-state index in [0.717, 1.165) is 6.20 Å². The van der Waals surface area contributed by atoms with E-state index >= 15 is 0 Å². The van der Waals surface area contributed by atoms with Gasteiger partial charge in [-0.15, -0.1) is 0 Å². The maximum Gasteiger partial charge on any atom is 0.280 e. The van der Waals surface area contributed by atoms with Gasteiger partial charge in [0, 0.05) is 17.7 Å². The minimum absolute atomic E-state index is 0.0328. The Morgan fingerprint density at radius 3 is 2.72 bits per heavy atom. The Balaban J connectivity index is 2.33. The Morgan fingerprint density at radius 2 is 2.22 bits per heavy atom. The summed E-state index contributed by atoms with van der Waals surface area (Å²) < 4.78 is 48.1. The second kappa shape index (κ2) is 4.85. The van der Waals surface area contributed by atoms with Crippen LogP contribution in [-0.4, -0.2) is 35.0 Å². The highest BCUT2D eigenvalue weighted by Gasteiger charge is 2.31. The Labute approximate surface area is 103 Å². The van der Waals surface area contributed by atoms with Crippen molar-refractivity contribution in [2.45, 2.75) is 25.4 Å². The van der Waals surface area contributed by atoms with Gasteiger partial charge in [0.25, 0.3) is 6.43 Å². The maximum atomic E-state index is 12.7. The number of hydrogen-bond acceptors (Lipinski definition) is 5. The van der Waals surface area contributed by atoms with E-state index in [-0.39, 0.29) is 22.9 Å².